The number of aryl methyl sites for hydroxylation is 4. The summed E-state index contributed by atoms with van der Waals surface area (Å²) in [6, 6.07) is 24.3. The zero-order valence-corrected chi connectivity index (χ0v) is 33.6. The van der Waals surface area contributed by atoms with Gasteiger partial charge in [0, 0.05) is 18.2 Å². The molecule has 2 aliphatic carbocycles. The van der Waals surface area contributed by atoms with E-state index in [1.54, 1.807) is 19.1 Å². The van der Waals surface area contributed by atoms with Crippen LogP contribution >= 0.6 is 0 Å². The van der Waals surface area contributed by atoms with Crippen molar-refractivity contribution in [2.45, 2.75) is 117 Å². The largest absolute Gasteiger partial charge is 0.495 e. The van der Waals surface area contributed by atoms with E-state index < -0.39 is 0 Å². The quantitative estimate of drug-likeness (QED) is 0.202. The second-order valence-electron chi connectivity index (χ2n) is 16.7. The van der Waals surface area contributed by atoms with Gasteiger partial charge in [0.15, 0.2) is 0 Å². The maximum Gasteiger partial charge on any atom is 0.258 e. The molecule has 0 spiro atoms. The van der Waals surface area contributed by atoms with Gasteiger partial charge >= 0.3 is 0 Å². The Morgan fingerprint density at radius 2 is 0.981 bits per heavy atom. The van der Waals surface area contributed by atoms with Crippen LogP contribution in [0.2, 0.25) is 0 Å². The van der Waals surface area contributed by atoms with Crippen molar-refractivity contribution in [2.24, 2.45) is 0 Å². The molecule has 6 nitrogen and oxygen atoms in total. The van der Waals surface area contributed by atoms with Crippen molar-refractivity contribution >= 4 is 23.2 Å². The van der Waals surface area contributed by atoms with Gasteiger partial charge in [0.2, 0.25) is 0 Å². The minimum absolute atomic E-state index is 0.0117. The lowest BCUT2D eigenvalue weighted by atomic mass is 9.86. The standard InChI is InChI=1S/C24H31NO2.C23H29NO2/c1-24(2,3)20-13-11-17(12-14-20)23(26)25(4)21-15-18-9-7-6-8-10-19(18)16-22(21)27-5;1-23(2,3)19-12-10-16(11-13-19)22(25)24-20-14-17-8-6-5-7-9-18(17)15-21(20)26-4/h11-16H,6-10H2,1-5H3;10-15H,5-9H2,1-4H3,(H,24,25). The predicted octanol–water partition coefficient (Wildman–Crippen LogP) is 11.1. The minimum atomic E-state index is -0.0997. The highest BCUT2D eigenvalue weighted by molar-refractivity contribution is 6.07. The summed E-state index contributed by atoms with van der Waals surface area (Å²) >= 11 is 0. The summed E-state index contributed by atoms with van der Waals surface area (Å²) in [5.41, 5.74) is 11.0. The highest BCUT2D eigenvalue weighted by Gasteiger charge is 2.22. The van der Waals surface area contributed by atoms with Gasteiger partial charge in [0.1, 0.15) is 11.5 Å². The van der Waals surface area contributed by atoms with Crippen molar-refractivity contribution in [3.8, 4) is 11.5 Å². The van der Waals surface area contributed by atoms with Crippen molar-refractivity contribution < 1.29 is 19.1 Å². The lowest BCUT2D eigenvalue weighted by Gasteiger charge is -2.23. The van der Waals surface area contributed by atoms with E-state index in [4.69, 9.17) is 9.47 Å². The molecule has 0 bridgehead atoms. The Bertz CT molecular complexity index is 1880. The lowest BCUT2D eigenvalue weighted by molar-refractivity contribution is 0.0990. The number of nitrogens with one attached hydrogen (secondary N) is 1. The van der Waals surface area contributed by atoms with Gasteiger partial charge in [-0.2, -0.15) is 0 Å². The smallest absolute Gasteiger partial charge is 0.258 e. The van der Waals surface area contributed by atoms with Gasteiger partial charge in [-0.3, -0.25) is 9.59 Å². The minimum Gasteiger partial charge on any atom is -0.495 e. The summed E-state index contributed by atoms with van der Waals surface area (Å²) in [4.78, 5) is 27.5. The van der Waals surface area contributed by atoms with Crippen molar-refractivity contribution in [1.82, 2.24) is 0 Å². The molecule has 0 heterocycles. The highest BCUT2D eigenvalue weighted by atomic mass is 16.5. The number of carbonyl (C=O) groups excluding carboxylic acids is 2. The SMILES string of the molecule is COc1cc2c(cc1N(C)C(=O)c1ccc(C(C)(C)C)cc1)CCCCC2.COc1cc2c(cc1NC(=O)c1ccc(C(C)(C)C)cc1)CCCCC2. The second kappa shape index (κ2) is 17.0. The first-order valence-corrected chi connectivity index (χ1v) is 19.4. The second-order valence-corrected chi connectivity index (χ2v) is 16.7. The van der Waals surface area contributed by atoms with E-state index in [0.717, 1.165) is 48.6 Å². The summed E-state index contributed by atoms with van der Waals surface area (Å²) in [5, 5.41) is 3.04. The van der Waals surface area contributed by atoms with E-state index in [2.05, 4.69) is 83.3 Å². The number of hydrogen-bond acceptors (Lipinski definition) is 4. The monoisotopic (exact) mass is 716 g/mol. The number of ether oxygens (including phenoxy) is 2. The Morgan fingerprint density at radius 3 is 1.43 bits per heavy atom. The molecular weight excluding hydrogens is 657 g/mol. The lowest BCUT2D eigenvalue weighted by Crippen LogP contribution is -2.27. The molecule has 6 rings (SSSR count). The average Bonchev–Trinajstić information content (AvgIpc) is 3.53. The first-order valence-electron chi connectivity index (χ1n) is 19.4. The molecule has 282 valence electrons. The van der Waals surface area contributed by atoms with Crippen LogP contribution in [-0.2, 0) is 36.5 Å². The molecule has 0 aromatic heterocycles. The molecule has 0 fully saturated rings. The summed E-state index contributed by atoms with van der Waals surface area (Å²) < 4.78 is 11.2. The van der Waals surface area contributed by atoms with Crippen LogP contribution in [0.3, 0.4) is 0 Å². The Hall–Kier alpha value is -4.58. The molecule has 1 N–H and O–H groups in total. The first kappa shape index (κ1) is 39.6. The van der Waals surface area contributed by atoms with Crippen LogP contribution in [-0.4, -0.2) is 33.1 Å². The number of amides is 2. The van der Waals surface area contributed by atoms with E-state index in [1.165, 1.54) is 71.9 Å². The van der Waals surface area contributed by atoms with Crippen molar-refractivity contribution in [1.29, 1.82) is 0 Å². The number of benzene rings is 4. The molecule has 0 radical (unpaired) electrons. The van der Waals surface area contributed by atoms with E-state index in [-0.39, 0.29) is 22.6 Å². The highest BCUT2D eigenvalue weighted by Crippen LogP contribution is 2.36. The van der Waals surface area contributed by atoms with Crippen LogP contribution < -0.4 is 19.7 Å². The number of hydrogen-bond donors (Lipinski definition) is 1. The Balaban J connectivity index is 0.000000204. The third kappa shape index (κ3) is 9.90. The fourth-order valence-corrected chi connectivity index (χ4v) is 7.29. The molecule has 2 aliphatic rings. The number of fused-ring (bicyclic) bond motifs is 2. The van der Waals surface area contributed by atoms with Crippen LogP contribution in [0.1, 0.15) is 134 Å². The molecule has 0 unspecified atom stereocenters. The van der Waals surface area contributed by atoms with Crippen LogP contribution in [0.4, 0.5) is 11.4 Å². The summed E-state index contributed by atoms with van der Waals surface area (Å²) in [6.07, 6.45) is 11.7. The predicted molar refractivity (Wildman–Crippen MR) is 219 cm³/mol. The molecule has 4 aromatic rings. The topological polar surface area (TPSA) is 67.9 Å². The average molecular weight is 717 g/mol. The van der Waals surface area contributed by atoms with Gasteiger partial charge in [0.25, 0.3) is 11.8 Å². The first-order chi connectivity index (χ1) is 25.2. The molecule has 6 heteroatoms. The third-order valence-electron chi connectivity index (χ3n) is 10.7. The normalized spacial score (nSPS) is 14.3. The molecule has 4 aromatic carbocycles. The summed E-state index contributed by atoms with van der Waals surface area (Å²) in [6.45, 7) is 13.0. The van der Waals surface area contributed by atoms with E-state index in [9.17, 15) is 9.59 Å². The van der Waals surface area contributed by atoms with Crippen LogP contribution in [0, 0.1) is 0 Å². The van der Waals surface area contributed by atoms with Gasteiger partial charge in [-0.05, 0) is 144 Å². The maximum atomic E-state index is 13.1. The summed E-state index contributed by atoms with van der Waals surface area (Å²) in [5.74, 6) is 1.41. The van der Waals surface area contributed by atoms with Crippen molar-refractivity contribution in [3.63, 3.8) is 0 Å². The number of rotatable bonds is 6. The Morgan fingerprint density at radius 1 is 0.566 bits per heavy atom. The molecule has 0 saturated heterocycles. The van der Waals surface area contributed by atoms with E-state index >= 15 is 0 Å². The van der Waals surface area contributed by atoms with Gasteiger partial charge in [-0.1, -0.05) is 78.6 Å². The zero-order valence-electron chi connectivity index (χ0n) is 33.6. The van der Waals surface area contributed by atoms with E-state index in [0.29, 0.717) is 11.1 Å². The van der Waals surface area contributed by atoms with Gasteiger partial charge in [-0.25, -0.2) is 0 Å². The molecule has 53 heavy (non-hydrogen) atoms. The number of carbonyl (C=O) groups is 2. The van der Waals surface area contributed by atoms with Gasteiger partial charge in [-0.15, -0.1) is 0 Å². The number of nitrogens with zero attached hydrogens (tertiary/aromatic N) is 1. The fourth-order valence-electron chi connectivity index (χ4n) is 7.29. The van der Waals surface area contributed by atoms with Crippen molar-refractivity contribution in [3.05, 3.63) is 117 Å². The molecule has 0 aliphatic heterocycles. The molecule has 0 saturated carbocycles. The van der Waals surface area contributed by atoms with Gasteiger partial charge < -0.3 is 19.7 Å². The Labute approximate surface area is 318 Å². The maximum absolute atomic E-state index is 13.1. The van der Waals surface area contributed by atoms with E-state index in [1.807, 2.05) is 43.4 Å². The Kier molecular flexibility index (Phi) is 12.7. The fraction of sp³-hybridized carbons (Fsp3) is 0.447. The van der Waals surface area contributed by atoms with Gasteiger partial charge in [0.05, 0.1) is 25.6 Å². The molecule has 0 atom stereocenters. The third-order valence-corrected chi connectivity index (χ3v) is 10.7. The zero-order chi connectivity index (χ0) is 38.3. The number of methoxy groups -OCH3 is 2. The van der Waals surface area contributed by atoms with Crippen LogP contribution in [0.5, 0.6) is 11.5 Å². The van der Waals surface area contributed by atoms with Crippen LogP contribution in [0.15, 0.2) is 72.8 Å². The van der Waals surface area contributed by atoms with Crippen molar-refractivity contribution in [2.75, 3.05) is 31.5 Å². The summed E-state index contributed by atoms with van der Waals surface area (Å²) in [7, 11) is 5.17. The van der Waals surface area contributed by atoms with Crippen LogP contribution in [0.25, 0.3) is 0 Å². The molecule has 2 amide bonds. The molecular formula is C47H60N2O4. The number of anilines is 2.